The van der Waals surface area contributed by atoms with Crippen molar-refractivity contribution in [3.8, 4) is 5.69 Å². The van der Waals surface area contributed by atoms with E-state index in [0.29, 0.717) is 0 Å². The Bertz CT molecular complexity index is 2170. The molecule has 0 atom stereocenters. The smallest absolute Gasteiger partial charge is 0.145 e. The predicted octanol–water partition coefficient (Wildman–Crippen LogP) is 10.2. The molecule has 3 aromatic heterocycles. The Morgan fingerprint density at radius 3 is 2.37 bits per heavy atom. The van der Waals surface area contributed by atoms with E-state index < -0.39 is 0 Å². The monoisotopic (exact) mass is 597 g/mol. The maximum atomic E-state index is 4.80. The third kappa shape index (κ3) is 4.72. The van der Waals surface area contributed by atoms with E-state index in [4.69, 9.17) is 4.98 Å². The molecule has 0 radical (unpaired) electrons. The van der Waals surface area contributed by atoms with Crippen molar-refractivity contribution in [3.05, 3.63) is 156 Å². The normalized spacial score (nSPS) is 13.4. The second-order valence-corrected chi connectivity index (χ2v) is 12.3. The first kappa shape index (κ1) is 27.8. The van der Waals surface area contributed by atoms with Crippen LogP contribution in [-0.2, 0) is 5.41 Å². The molecule has 4 aromatic carbocycles. The topological polar surface area (TPSA) is 46.0 Å². The van der Waals surface area contributed by atoms with Crippen LogP contribution in [0.3, 0.4) is 0 Å². The van der Waals surface area contributed by atoms with E-state index in [1.165, 1.54) is 22.1 Å². The van der Waals surface area contributed by atoms with Crippen LogP contribution in [-0.4, -0.2) is 21.1 Å². The number of nitrogens with one attached hydrogen (secondary N) is 1. The highest BCUT2D eigenvalue weighted by Gasteiger charge is 2.33. The van der Waals surface area contributed by atoms with Crippen molar-refractivity contribution in [1.29, 1.82) is 0 Å². The second-order valence-electron chi connectivity index (χ2n) is 12.3. The molecule has 0 spiro atoms. The van der Waals surface area contributed by atoms with E-state index in [1.54, 1.807) is 0 Å². The number of hydrogen-bond donors (Lipinski definition) is 1. The van der Waals surface area contributed by atoms with Crippen LogP contribution in [0.5, 0.6) is 0 Å². The van der Waals surface area contributed by atoms with E-state index in [9.17, 15) is 0 Å². The summed E-state index contributed by atoms with van der Waals surface area (Å²) in [6.45, 7) is 5.39. The fourth-order valence-electron chi connectivity index (χ4n) is 6.93. The van der Waals surface area contributed by atoms with Gasteiger partial charge < -0.3 is 10.2 Å². The zero-order valence-corrected chi connectivity index (χ0v) is 26.1. The third-order valence-electron chi connectivity index (χ3n) is 9.21. The molecule has 0 saturated carbocycles. The molecule has 8 rings (SSSR count). The van der Waals surface area contributed by atoms with Gasteiger partial charge in [0.1, 0.15) is 11.5 Å². The Hall–Kier alpha value is -5.68. The zero-order valence-electron chi connectivity index (χ0n) is 26.1. The minimum absolute atomic E-state index is 0.130. The molecule has 0 saturated heterocycles. The molecule has 5 heteroatoms. The lowest BCUT2D eigenvalue weighted by molar-refractivity contribution is 0.634. The lowest BCUT2D eigenvalue weighted by Gasteiger charge is -2.35. The van der Waals surface area contributed by atoms with Gasteiger partial charge in [0.05, 0.1) is 11.2 Å². The first-order valence-electron chi connectivity index (χ1n) is 15.9. The molecule has 1 aliphatic rings. The van der Waals surface area contributed by atoms with Crippen LogP contribution in [0.15, 0.2) is 140 Å². The summed E-state index contributed by atoms with van der Waals surface area (Å²) in [7, 11) is 0. The van der Waals surface area contributed by atoms with Crippen molar-refractivity contribution in [3.63, 3.8) is 0 Å². The van der Waals surface area contributed by atoms with Crippen LogP contribution in [0.4, 0.5) is 22.9 Å². The van der Waals surface area contributed by atoms with Gasteiger partial charge in [0.2, 0.25) is 0 Å². The Morgan fingerprint density at radius 1 is 0.717 bits per heavy atom. The summed E-state index contributed by atoms with van der Waals surface area (Å²) in [6, 6.07) is 42.9. The van der Waals surface area contributed by atoms with Gasteiger partial charge in [0, 0.05) is 57.8 Å². The highest BCUT2D eigenvalue weighted by atomic mass is 15.1. The summed E-state index contributed by atoms with van der Waals surface area (Å²) in [4.78, 5) is 11.9. The summed E-state index contributed by atoms with van der Waals surface area (Å²) in [5.41, 5.74) is 10.2. The van der Waals surface area contributed by atoms with Gasteiger partial charge in [0.15, 0.2) is 0 Å². The summed E-state index contributed by atoms with van der Waals surface area (Å²) in [5, 5.41) is 6.00. The average molecular weight is 598 g/mol. The number of rotatable bonds is 7. The third-order valence-corrected chi connectivity index (χ3v) is 9.21. The maximum Gasteiger partial charge on any atom is 0.145 e. The lowest BCUT2D eigenvalue weighted by Crippen LogP contribution is -2.27. The number of fused-ring (bicyclic) bond motifs is 5. The van der Waals surface area contributed by atoms with Crippen LogP contribution in [0, 0.1) is 0 Å². The Morgan fingerprint density at radius 2 is 1.46 bits per heavy atom. The largest absolute Gasteiger partial charge is 0.341 e. The Labute approximate surface area is 269 Å². The minimum Gasteiger partial charge on any atom is -0.341 e. The lowest BCUT2D eigenvalue weighted by atomic mass is 9.74. The van der Waals surface area contributed by atoms with E-state index in [1.807, 2.05) is 24.5 Å². The number of nitrogens with zero attached hydrogens (tertiary/aromatic N) is 4. The standard InChI is InChI=1S/C41H35N5/c1-41(2)35-22-10-15-29(38(35)44-39-36(41)23-13-25-42-39)14-8-9-27-45(30-16-4-3-5-17-30)31-18-11-19-32(28-31)46-37-24-7-6-20-33(37)34-21-12-26-43-40(34)46/h3-8,10-26,28H,9,27H2,1-2H3,(H,42,44)/b14-8+. The molecule has 4 heterocycles. The molecule has 1 N–H and O–H groups in total. The molecule has 0 amide bonds. The number of anilines is 4. The highest BCUT2D eigenvalue weighted by Crippen LogP contribution is 2.45. The van der Waals surface area contributed by atoms with Crippen molar-refractivity contribution in [2.75, 3.05) is 16.8 Å². The van der Waals surface area contributed by atoms with Gasteiger partial charge in [-0.3, -0.25) is 4.57 Å². The van der Waals surface area contributed by atoms with E-state index >= 15 is 0 Å². The first-order chi connectivity index (χ1) is 22.6. The summed E-state index contributed by atoms with van der Waals surface area (Å²) < 4.78 is 2.28. The summed E-state index contributed by atoms with van der Waals surface area (Å²) in [5.74, 6) is 0.939. The Balaban J connectivity index is 1.11. The number of para-hydroxylation sites is 3. The minimum atomic E-state index is -0.130. The second kappa shape index (κ2) is 11.4. The van der Waals surface area contributed by atoms with Crippen LogP contribution >= 0.6 is 0 Å². The molecule has 5 nitrogen and oxygen atoms in total. The van der Waals surface area contributed by atoms with Gasteiger partial charge in [-0.15, -0.1) is 0 Å². The summed E-state index contributed by atoms with van der Waals surface area (Å²) >= 11 is 0. The van der Waals surface area contributed by atoms with Gasteiger partial charge in [0.25, 0.3) is 0 Å². The average Bonchev–Trinajstić information content (AvgIpc) is 3.43. The van der Waals surface area contributed by atoms with Crippen molar-refractivity contribution >= 4 is 50.9 Å². The van der Waals surface area contributed by atoms with Gasteiger partial charge in [-0.25, -0.2) is 9.97 Å². The van der Waals surface area contributed by atoms with Crippen molar-refractivity contribution in [1.82, 2.24) is 14.5 Å². The van der Waals surface area contributed by atoms with Crippen molar-refractivity contribution in [2.45, 2.75) is 25.7 Å². The van der Waals surface area contributed by atoms with Crippen LogP contribution in [0.25, 0.3) is 33.7 Å². The molecule has 224 valence electrons. The quantitative estimate of drug-likeness (QED) is 0.199. The number of benzene rings is 4. The highest BCUT2D eigenvalue weighted by molar-refractivity contribution is 6.07. The molecular formula is C41H35N5. The molecule has 7 aromatic rings. The fraction of sp³-hybridized carbons (Fsp3) is 0.122. The number of aromatic nitrogens is 3. The van der Waals surface area contributed by atoms with E-state index in [0.717, 1.165) is 58.1 Å². The molecular weight excluding hydrogens is 562 g/mol. The van der Waals surface area contributed by atoms with Crippen LogP contribution in [0.1, 0.15) is 37.0 Å². The number of hydrogen-bond acceptors (Lipinski definition) is 4. The molecule has 0 bridgehead atoms. The molecule has 1 aliphatic heterocycles. The van der Waals surface area contributed by atoms with Gasteiger partial charge in [-0.1, -0.05) is 92.7 Å². The molecule has 46 heavy (non-hydrogen) atoms. The predicted molar refractivity (Wildman–Crippen MR) is 192 cm³/mol. The van der Waals surface area contributed by atoms with Crippen molar-refractivity contribution < 1.29 is 0 Å². The SMILES string of the molecule is CC1(C)c2cccnc2Nc2c(/C=C/CCN(c3ccccc3)c3cccc(-n4c5ccccc5c5cccnc54)c3)cccc21. The van der Waals surface area contributed by atoms with Gasteiger partial charge in [-0.05, 0) is 72.1 Å². The van der Waals surface area contributed by atoms with Crippen LogP contribution in [0.2, 0.25) is 0 Å². The van der Waals surface area contributed by atoms with Gasteiger partial charge >= 0.3 is 0 Å². The molecule has 0 unspecified atom stereocenters. The Kier molecular flexibility index (Phi) is 6.87. The van der Waals surface area contributed by atoms with Gasteiger partial charge in [-0.2, -0.15) is 0 Å². The van der Waals surface area contributed by atoms with E-state index in [2.05, 4.69) is 155 Å². The molecule has 0 aliphatic carbocycles. The first-order valence-corrected chi connectivity index (χ1v) is 15.9. The number of pyridine rings is 2. The fourth-order valence-corrected chi connectivity index (χ4v) is 6.93. The van der Waals surface area contributed by atoms with Crippen molar-refractivity contribution in [2.24, 2.45) is 0 Å². The summed E-state index contributed by atoms with van der Waals surface area (Å²) in [6.07, 6.45) is 9.14. The molecule has 0 fully saturated rings. The van der Waals surface area contributed by atoms with Crippen LogP contribution < -0.4 is 10.2 Å². The maximum absolute atomic E-state index is 4.80. The van der Waals surface area contributed by atoms with E-state index in [-0.39, 0.29) is 5.41 Å². The zero-order chi connectivity index (χ0) is 31.1.